The van der Waals surface area contributed by atoms with Gasteiger partial charge >= 0.3 is 5.97 Å². The van der Waals surface area contributed by atoms with E-state index in [0.29, 0.717) is 12.1 Å². The number of ether oxygens (including phenoxy) is 1. The zero-order valence-corrected chi connectivity index (χ0v) is 10.9. The molecule has 0 heterocycles. The van der Waals surface area contributed by atoms with Crippen molar-refractivity contribution in [2.45, 2.75) is 19.9 Å². The van der Waals surface area contributed by atoms with E-state index in [0.717, 1.165) is 11.3 Å². The number of carboxylic acids is 1. The van der Waals surface area contributed by atoms with Crippen LogP contribution in [0.4, 0.5) is 0 Å². The summed E-state index contributed by atoms with van der Waals surface area (Å²) in [6.07, 6.45) is 1.67. The number of benzene rings is 1. The molecule has 2 N–H and O–H groups in total. The Kier molecular flexibility index (Phi) is 5.39. The van der Waals surface area contributed by atoms with E-state index >= 15 is 0 Å². The lowest BCUT2D eigenvalue weighted by Gasteiger charge is -2.13. The number of rotatable bonds is 6. The minimum absolute atomic E-state index is 0.137. The topological polar surface area (TPSA) is 58.6 Å². The van der Waals surface area contributed by atoms with Crippen LogP contribution in [0.1, 0.15) is 25.5 Å². The third-order valence-corrected chi connectivity index (χ3v) is 2.76. The standard InChI is InChI=1S/C14H19NO3/c1-10(14(16)17)7-8-15-11(2)12-5-4-6-13(9-12)18-3/h4-7,9,11,15H,8H2,1-3H3,(H,16,17)/b10-7-/t11-/m0/s1. The van der Waals surface area contributed by atoms with Crippen LogP contribution in [0.2, 0.25) is 0 Å². The maximum atomic E-state index is 10.6. The Morgan fingerprint density at radius 2 is 2.28 bits per heavy atom. The maximum Gasteiger partial charge on any atom is 0.330 e. The van der Waals surface area contributed by atoms with Crippen molar-refractivity contribution in [2.75, 3.05) is 13.7 Å². The summed E-state index contributed by atoms with van der Waals surface area (Å²) in [4.78, 5) is 10.6. The zero-order chi connectivity index (χ0) is 13.5. The Morgan fingerprint density at radius 1 is 1.56 bits per heavy atom. The average Bonchev–Trinajstić information content (AvgIpc) is 2.38. The number of methoxy groups -OCH3 is 1. The third kappa shape index (κ3) is 4.22. The second-order valence-electron chi connectivity index (χ2n) is 4.10. The minimum Gasteiger partial charge on any atom is -0.497 e. The maximum absolute atomic E-state index is 10.6. The van der Waals surface area contributed by atoms with E-state index in [1.165, 1.54) is 0 Å². The quantitative estimate of drug-likeness (QED) is 0.760. The van der Waals surface area contributed by atoms with Gasteiger partial charge in [-0.2, -0.15) is 0 Å². The molecule has 0 unspecified atom stereocenters. The van der Waals surface area contributed by atoms with Crippen molar-refractivity contribution < 1.29 is 14.6 Å². The summed E-state index contributed by atoms with van der Waals surface area (Å²) in [5.74, 6) is -0.0655. The first-order valence-electron chi connectivity index (χ1n) is 5.82. The molecule has 0 fully saturated rings. The Hall–Kier alpha value is -1.81. The molecule has 0 aliphatic rings. The normalized spacial score (nSPS) is 13.2. The molecule has 98 valence electrons. The second-order valence-corrected chi connectivity index (χ2v) is 4.10. The van der Waals surface area contributed by atoms with Crippen molar-refractivity contribution in [1.82, 2.24) is 5.32 Å². The largest absolute Gasteiger partial charge is 0.497 e. The van der Waals surface area contributed by atoms with Crippen LogP contribution in [0.3, 0.4) is 0 Å². The molecule has 4 nitrogen and oxygen atoms in total. The van der Waals surface area contributed by atoms with E-state index in [1.807, 2.05) is 31.2 Å². The molecule has 0 aliphatic heterocycles. The van der Waals surface area contributed by atoms with Gasteiger partial charge in [-0.05, 0) is 31.5 Å². The van der Waals surface area contributed by atoms with Crippen LogP contribution in [0.15, 0.2) is 35.9 Å². The van der Waals surface area contributed by atoms with E-state index in [9.17, 15) is 4.79 Å². The van der Waals surface area contributed by atoms with Crippen LogP contribution < -0.4 is 10.1 Å². The highest BCUT2D eigenvalue weighted by Gasteiger charge is 2.05. The summed E-state index contributed by atoms with van der Waals surface area (Å²) in [6, 6.07) is 7.94. The van der Waals surface area contributed by atoms with E-state index in [1.54, 1.807) is 20.1 Å². The Bertz CT molecular complexity index is 440. The number of hydrogen-bond acceptors (Lipinski definition) is 3. The first kappa shape index (κ1) is 14.3. The summed E-state index contributed by atoms with van der Waals surface area (Å²) in [7, 11) is 1.64. The number of carbonyl (C=O) groups is 1. The molecule has 0 amide bonds. The highest BCUT2D eigenvalue weighted by Crippen LogP contribution is 2.18. The van der Waals surface area contributed by atoms with Gasteiger partial charge in [0.15, 0.2) is 0 Å². The molecule has 0 radical (unpaired) electrons. The van der Waals surface area contributed by atoms with Gasteiger partial charge in [0.25, 0.3) is 0 Å². The van der Waals surface area contributed by atoms with Crippen LogP contribution in [0.5, 0.6) is 5.75 Å². The Balaban J connectivity index is 2.57. The van der Waals surface area contributed by atoms with Crippen LogP contribution in [-0.2, 0) is 4.79 Å². The molecule has 4 heteroatoms. The number of aliphatic carboxylic acids is 1. The SMILES string of the molecule is COc1cccc([C@H](C)NC/C=C(/C)C(=O)O)c1. The van der Waals surface area contributed by atoms with E-state index in [2.05, 4.69) is 5.32 Å². The predicted octanol–water partition coefficient (Wildman–Crippen LogP) is 2.38. The third-order valence-electron chi connectivity index (χ3n) is 2.76. The molecular weight excluding hydrogens is 230 g/mol. The van der Waals surface area contributed by atoms with Gasteiger partial charge < -0.3 is 15.2 Å². The Morgan fingerprint density at radius 3 is 2.89 bits per heavy atom. The van der Waals surface area contributed by atoms with Gasteiger partial charge in [0, 0.05) is 18.2 Å². The molecule has 18 heavy (non-hydrogen) atoms. The molecule has 1 atom stereocenters. The number of nitrogens with one attached hydrogen (secondary N) is 1. The van der Waals surface area contributed by atoms with Gasteiger partial charge in [-0.25, -0.2) is 4.79 Å². The first-order chi connectivity index (χ1) is 8.54. The van der Waals surface area contributed by atoms with Gasteiger partial charge in [-0.1, -0.05) is 18.2 Å². The molecule has 1 rings (SSSR count). The van der Waals surface area contributed by atoms with Gasteiger partial charge in [-0.3, -0.25) is 0 Å². The predicted molar refractivity (Wildman–Crippen MR) is 70.8 cm³/mol. The average molecular weight is 249 g/mol. The highest BCUT2D eigenvalue weighted by molar-refractivity contribution is 5.85. The second kappa shape index (κ2) is 6.81. The summed E-state index contributed by atoms with van der Waals surface area (Å²) in [5, 5.41) is 12.0. The molecule has 0 aliphatic carbocycles. The number of carboxylic acid groups (broad SMARTS) is 1. The van der Waals surface area contributed by atoms with Crippen molar-refractivity contribution in [3.8, 4) is 5.75 Å². The fraction of sp³-hybridized carbons (Fsp3) is 0.357. The van der Waals surface area contributed by atoms with Crippen LogP contribution in [-0.4, -0.2) is 24.7 Å². The Labute approximate surface area is 107 Å². The van der Waals surface area contributed by atoms with Gasteiger partial charge in [0.1, 0.15) is 5.75 Å². The minimum atomic E-state index is -0.883. The molecular formula is C14H19NO3. The molecule has 0 saturated carbocycles. The lowest BCUT2D eigenvalue weighted by atomic mass is 10.1. The highest BCUT2D eigenvalue weighted by atomic mass is 16.5. The fourth-order valence-electron chi connectivity index (χ4n) is 1.50. The van der Waals surface area contributed by atoms with E-state index in [-0.39, 0.29) is 6.04 Å². The molecule has 0 saturated heterocycles. The van der Waals surface area contributed by atoms with Gasteiger partial charge in [0.2, 0.25) is 0 Å². The van der Waals surface area contributed by atoms with E-state index < -0.39 is 5.97 Å². The van der Waals surface area contributed by atoms with Crippen LogP contribution in [0.25, 0.3) is 0 Å². The van der Waals surface area contributed by atoms with Crippen molar-refractivity contribution in [3.05, 3.63) is 41.5 Å². The van der Waals surface area contributed by atoms with Gasteiger partial charge in [0.05, 0.1) is 7.11 Å². The summed E-state index contributed by atoms with van der Waals surface area (Å²) >= 11 is 0. The lowest BCUT2D eigenvalue weighted by molar-refractivity contribution is -0.132. The first-order valence-corrected chi connectivity index (χ1v) is 5.82. The van der Waals surface area contributed by atoms with Crippen LogP contribution >= 0.6 is 0 Å². The monoisotopic (exact) mass is 249 g/mol. The lowest BCUT2D eigenvalue weighted by Crippen LogP contribution is -2.19. The summed E-state index contributed by atoms with van der Waals surface area (Å²) < 4.78 is 5.16. The smallest absolute Gasteiger partial charge is 0.330 e. The van der Waals surface area contributed by atoms with E-state index in [4.69, 9.17) is 9.84 Å². The molecule has 0 bridgehead atoms. The fourth-order valence-corrected chi connectivity index (χ4v) is 1.50. The summed E-state index contributed by atoms with van der Waals surface area (Å²) in [5.41, 5.74) is 1.45. The van der Waals surface area contributed by atoms with Gasteiger partial charge in [-0.15, -0.1) is 0 Å². The van der Waals surface area contributed by atoms with Crippen LogP contribution in [0, 0.1) is 0 Å². The molecule has 1 aromatic rings. The van der Waals surface area contributed by atoms with Crippen molar-refractivity contribution >= 4 is 5.97 Å². The van der Waals surface area contributed by atoms with Crippen molar-refractivity contribution in [1.29, 1.82) is 0 Å². The number of hydrogen-bond donors (Lipinski definition) is 2. The molecule has 0 aromatic heterocycles. The summed E-state index contributed by atoms with van der Waals surface area (Å²) in [6.45, 7) is 4.13. The zero-order valence-electron chi connectivity index (χ0n) is 10.9. The van der Waals surface area contributed by atoms with Crippen molar-refractivity contribution in [2.24, 2.45) is 0 Å². The van der Waals surface area contributed by atoms with Crippen molar-refractivity contribution in [3.63, 3.8) is 0 Å². The molecule has 1 aromatic carbocycles. The molecule has 0 spiro atoms.